The minimum Gasteiger partial charge on any atom is -0.335 e. The van der Waals surface area contributed by atoms with Crippen LogP contribution in [0.15, 0.2) is 59.5 Å². The first kappa shape index (κ1) is 18.0. The standard InChI is InChI=1S/C23H22FN3O2/c24-18-7-5-15(6-8-18)17-11-19-9-10-20(12-17)27(19)22(28)14-26-23(29)21-4-2-1-3-16(21)13-25-26/h1-8,13,17,19-20H,9-12,14H2/t19-,20-/m1/s1. The van der Waals surface area contributed by atoms with Gasteiger partial charge in [0.25, 0.3) is 5.56 Å². The van der Waals surface area contributed by atoms with Crippen molar-refractivity contribution in [1.82, 2.24) is 14.7 Å². The summed E-state index contributed by atoms with van der Waals surface area (Å²) >= 11 is 0. The van der Waals surface area contributed by atoms with Gasteiger partial charge in [0, 0.05) is 17.5 Å². The van der Waals surface area contributed by atoms with Crippen LogP contribution in [0.2, 0.25) is 0 Å². The molecule has 1 amide bonds. The second-order valence-electron chi connectivity index (χ2n) is 8.10. The number of piperidine rings is 1. The van der Waals surface area contributed by atoms with Gasteiger partial charge in [-0.15, -0.1) is 0 Å². The first-order valence-electron chi connectivity index (χ1n) is 10.1. The normalized spacial score (nSPS) is 23.5. The summed E-state index contributed by atoms with van der Waals surface area (Å²) in [5, 5.41) is 5.56. The summed E-state index contributed by atoms with van der Waals surface area (Å²) in [5.41, 5.74) is 0.910. The number of fused-ring (bicyclic) bond motifs is 3. The largest absolute Gasteiger partial charge is 0.335 e. The van der Waals surface area contributed by atoms with E-state index in [-0.39, 0.29) is 35.9 Å². The molecule has 2 aliphatic rings. The van der Waals surface area contributed by atoms with E-state index in [4.69, 9.17) is 0 Å². The molecule has 2 atom stereocenters. The number of hydrogen-bond donors (Lipinski definition) is 0. The first-order valence-corrected chi connectivity index (χ1v) is 10.1. The predicted molar refractivity (Wildman–Crippen MR) is 108 cm³/mol. The fourth-order valence-corrected chi connectivity index (χ4v) is 5.04. The van der Waals surface area contributed by atoms with Crippen molar-refractivity contribution in [2.75, 3.05) is 0 Å². The van der Waals surface area contributed by atoms with Gasteiger partial charge in [-0.3, -0.25) is 9.59 Å². The Bertz CT molecular complexity index is 1110. The highest BCUT2D eigenvalue weighted by Gasteiger charge is 2.43. The van der Waals surface area contributed by atoms with Gasteiger partial charge in [-0.2, -0.15) is 5.10 Å². The Morgan fingerprint density at radius 2 is 1.72 bits per heavy atom. The van der Waals surface area contributed by atoms with E-state index in [0.29, 0.717) is 11.3 Å². The molecule has 0 aliphatic carbocycles. The number of carbonyl (C=O) groups is 1. The number of nitrogens with zero attached hydrogens (tertiary/aromatic N) is 3. The quantitative estimate of drug-likeness (QED) is 0.687. The molecule has 148 valence electrons. The lowest BCUT2D eigenvalue weighted by atomic mass is 9.85. The van der Waals surface area contributed by atoms with Crippen LogP contribution in [0.25, 0.3) is 10.8 Å². The van der Waals surface area contributed by atoms with E-state index in [1.807, 2.05) is 35.2 Å². The van der Waals surface area contributed by atoms with Crippen LogP contribution in [0.4, 0.5) is 4.39 Å². The summed E-state index contributed by atoms with van der Waals surface area (Å²) < 4.78 is 14.5. The molecule has 1 aromatic heterocycles. The molecule has 2 saturated heterocycles. The number of aromatic nitrogens is 2. The van der Waals surface area contributed by atoms with Gasteiger partial charge < -0.3 is 4.90 Å². The molecule has 0 radical (unpaired) electrons. The van der Waals surface area contributed by atoms with E-state index in [2.05, 4.69) is 5.10 Å². The zero-order chi connectivity index (χ0) is 20.0. The highest BCUT2D eigenvalue weighted by atomic mass is 19.1. The molecular formula is C23H22FN3O2. The van der Waals surface area contributed by atoms with Crippen molar-refractivity contribution in [1.29, 1.82) is 0 Å². The number of hydrogen-bond acceptors (Lipinski definition) is 3. The van der Waals surface area contributed by atoms with Gasteiger partial charge in [-0.05, 0) is 55.4 Å². The third-order valence-corrected chi connectivity index (χ3v) is 6.41. The third-order valence-electron chi connectivity index (χ3n) is 6.41. The molecule has 5 rings (SSSR count). The van der Waals surface area contributed by atoms with Crippen molar-refractivity contribution in [2.45, 2.75) is 50.2 Å². The molecule has 2 bridgehead atoms. The van der Waals surface area contributed by atoms with Gasteiger partial charge in [-0.25, -0.2) is 9.07 Å². The van der Waals surface area contributed by atoms with Crippen LogP contribution in [-0.4, -0.2) is 32.7 Å². The van der Waals surface area contributed by atoms with E-state index < -0.39 is 0 Å². The zero-order valence-corrected chi connectivity index (χ0v) is 16.0. The minimum atomic E-state index is -0.231. The number of benzene rings is 2. The molecule has 6 heteroatoms. The second kappa shape index (κ2) is 7.10. The summed E-state index contributed by atoms with van der Waals surface area (Å²) in [7, 11) is 0. The molecule has 5 nitrogen and oxygen atoms in total. The lowest BCUT2D eigenvalue weighted by Crippen LogP contribution is -2.48. The Kier molecular flexibility index (Phi) is 4.42. The van der Waals surface area contributed by atoms with Crippen molar-refractivity contribution in [2.24, 2.45) is 0 Å². The molecular weight excluding hydrogens is 369 g/mol. The number of carbonyl (C=O) groups excluding carboxylic acids is 1. The number of halogens is 1. The molecule has 0 N–H and O–H groups in total. The Labute approximate surface area is 167 Å². The molecule has 3 aromatic rings. The van der Waals surface area contributed by atoms with Gasteiger partial charge in [0.1, 0.15) is 12.4 Å². The maximum absolute atomic E-state index is 13.2. The van der Waals surface area contributed by atoms with E-state index in [1.165, 1.54) is 16.8 Å². The smallest absolute Gasteiger partial charge is 0.275 e. The lowest BCUT2D eigenvalue weighted by Gasteiger charge is -2.39. The Balaban J connectivity index is 1.35. The topological polar surface area (TPSA) is 55.2 Å². The molecule has 29 heavy (non-hydrogen) atoms. The van der Waals surface area contributed by atoms with Crippen LogP contribution in [-0.2, 0) is 11.3 Å². The van der Waals surface area contributed by atoms with Crippen LogP contribution < -0.4 is 5.56 Å². The SMILES string of the molecule is O=C(Cn1ncc2ccccc2c1=O)N1[C@@H]2CC[C@@H]1CC(c1ccc(F)cc1)C2. The molecule has 0 saturated carbocycles. The Morgan fingerprint density at radius 3 is 2.45 bits per heavy atom. The highest BCUT2D eigenvalue weighted by Crippen LogP contribution is 2.43. The summed E-state index contributed by atoms with van der Waals surface area (Å²) in [6.07, 6.45) is 5.36. The summed E-state index contributed by atoms with van der Waals surface area (Å²) in [6, 6.07) is 14.4. The molecule has 0 spiro atoms. The van der Waals surface area contributed by atoms with Crippen LogP contribution in [0.3, 0.4) is 0 Å². The molecule has 0 unspecified atom stereocenters. The Hall–Kier alpha value is -3.02. The maximum atomic E-state index is 13.2. The van der Waals surface area contributed by atoms with Crippen LogP contribution >= 0.6 is 0 Å². The van der Waals surface area contributed by atoms with Gasteiger partial charge in [0.15, 0.2) is 0 Å². The zero-order valence-electron chi connectivity index (χ0n) is 16.0. The fraction of sp³-hybridized carbons (Fsp3) is 0.348. The van der Waals surface area contributed by atoms with Crippen LogP contribution in [0.1, 0.15) is 37.2 Å². The molecule has 2 fully saturated rings. The van der Waals surface area contributed by atoms with Crippen molar-refractivity contribution in [3.8, 4) is 0 Å². The molecule has 2 aromatic carbocycles. The molecule has 3 heterocycles. The fourth-order valence-electron chi connectivity index (χ4n) is 5.04. The average Bonchev–Trinajstić information content (AvgIpc) is 3.00. The number of rotatable bonds is 3. The summed E-state index contributed by atoms with van der Waals surface area (Å²) in [5.74, 6) is 0.0799. The second-order valence-corrected chi connectivity index (χ2v) is 8.10. The monoisotopic (exact) mass is 391 g/mol. The maximum Gasteiger partial charge on any atom is 0.275 e. The average molecular weight is 391 g/mol. The van der Waals surface area contributed by atoms with Crippen LogP contribution in [0.5, 0.6) is 0 Å². The van der Waals surface area contributed by atoms with Crippen molar-refractivity contribution in [3.05, 3.63) is 76.5 Å². The van der Waals surface area contributed by atoms with Gasteiger partial charge in [0.05, 0.1) is 11.6 Å². The summed E-state index contributed by atoms with van der Waals surface area (Å²) in [4.78, 5) is 27.7. The minimum absolute atomic E-state index is 0.0299. The predicted octanol–water partition coefficient (Wildman–Crippen LogP) is 3.47. The van der Waals surface area contributed by atoms with E-state index >= 15 is 0 Å². The highest BCUT2D eigenvalue weighted by molar-refractivity contribution is 5.81. The van der Waals surface area contributed by atoms with E-state index in [0.717, 1.165) is 36.6 Å². The third kappa shape index (κ3) is 3.22. The van der Waals surface area contributed by atoms with Crippen LogP contribution in [0, 0.1) is 5.82 Å². The van der Waals surface area contributed by atoms with Gasteiger partial charge in [-0.1, -0.05) is 30.3 Å². The Morgan fingerprint density at radius 1 is 1.03 bits per heavy atom. The lowest BCUT2D eigenvalue weighted by molar-refractivity contribution is -0.136. The van der Waals surface area contributed by atoms with Crippen molar-refractivity contribution < 1.29 is 9.18 Å². The van der Waals surface area contributed by atoms with Crippen molar-refractivity contribution in [3.63, 3.8) is 0 Å². The van der Waals surface area contributed by atoms with E-state index in [9.17, 15) is 14.0 Å². The van der Waals surface area contributed by atoms with Gasteiger partial charge >= 0.3 is 0 Å². The van der Waals surface area contributed by atoms with Crippen molar-refractivity contribution >= 4 is 16.7 Å². The molecule has 2 aliphatic heterocycles. The first-order chi connectivity index (χ1) is 14.1. The summed E-state index contributed by atoms with van der Waals surface area (Å²) in [6.45, 7) is -0.0299. The number of amides is 1. The van der Waals surface area contributed by atoms with E-state index in [1.54, 1.807) is 12.3 Å². The van der Waals surface area contributed by atoms with Gasteiger partial charge in [0.2, 0.25) is 5.91 Å².